The van der Waals surface area contributed by atoms with Gasteiger partial charge in [0.25, 0.3) is 5.91 Å². The third kappa shape index (κ3) is 4.51. The summed E-state index contributed by atoms with van der Waals surface area (Å²) in [5.74, 6) is 0.0992. The fourth-order valence-electron chi connectivity index (χ4n) is 2.98. The van der Waals surface area contributed by atoms with Gasteiger partial charge in [0.15, 0.2) is 5.13 Å². The van der Waals surface area contributed by atoms with Crippen LogP contribution in [0.5, 0.6) is 5.75 Å². The summed E-state index contributed by atoms with van der Waals surface area (Å²) >= 11 is 1.61. The Balaban J connectivity index is 1.44. The van der Waals surface area contributed by atoms with Crippen LogP contribution in [0.1, 0.15) is 23.2 Å². The van der Waals surface area contributed by atoms with E-state index in [0.29, 0.717) is 17.9 Å². The smallest absolute Gasteiger partial charge is 0.251 e. The van der Waals surface area contributed by atoms with Crippen LogP contribution in [0.4, 0.5) is 5.13 Å². The van der Waals surface area contributed by atoms with Gasteiger partial charge in [-0.05, 0) is 31.0 Å². The SMILES string of the molecule is COc1cccc(C(=O)NCC(=O)NCC2CCCN2c2nccs2)c1. The second-order valence-electron chi connectivity index (χ2n) is 6.02. The highest BCUT2D eigenvalue weighted by Crippen LogP contribution is 2.26. The molecule has 1 unspecified atom stereocenters. The van der Waals surface area contributed by atoms with Gasteiger partial charge in [-0.15, -0.1) is 11.3 Å². The van der Waals surface area contributed by atoms with Gasteiger partial charge in [0.05, 0.1) is 13.7 Å². The first kappa shape index (κ1) is 18.2. The Bertz CT molecular complexity index is 751. The molecule has 1 aromatic carbocycles. The van der Waals surface area contributed by atoms with E-state index in [-0.39, 0.29) is 24.4 Å². The summed E-state index contributed by atoms with van der Waals surface area (Å²) < 4.78 is 5.10. The maximum atomic E-state index is 12.1. The molecular weight excluding hydrogens is 352 g/mol. The number of nitrogens with one attached hydrogen (secondary N) is 2. The number of methoxy groups -OCH3 is 1. The van der Waals surface area contributed by atoms with Gasteiger partial charge in [0, 0.05) is 36.3 Å². The third-order valence-electron chi connectivity index (χ3n) is 4.32. The molecular formula is C18H22N4O3S. The van der Waals surface area contributed by atoms with E-state index in [0.717, 1.165) is 24.5 Å². The predicted octanol–water partition coefficient (Wildman–Crippen LogP) is 1.67. The van der Waals surface area contributed by atoms with Crippen LogP contribution in [0.3, 0.4) is 0 Å². The molecule has 7 nitrogen and oxygen atoms in total. The molecule has 26 heavy (non-hydrogen) atoms. The van der Waals surface area contributed by atoms with Crippen molar-refractivity contribution in [1.29, 1.82) is 0 Å². The zero-order valence-electron chi connectivity index (χ0n) is 14.6. The van der Waals surface area contributed by atoms with Crippen molar-refractivity contribution in [2.45, 2.75) is 18.9 Å². The van der Waals surface area contributed by atoms with Crippen molar-refractivity contribution >= 4 is 28.3 Å². The molecule has 0 bridgehead atoms. The summed E-state index contributed by atoms with van der Waals surface area (Å²) in [4.78, 5) is 30.8. The summed E-state index contributed by atoms with van der Waals surface area (Å²) in [7, 11) is 1.54. The van der Waals surface area contributed by atoms with E-state index in [4.69, 9.17) is 4.74 Å². The van der Waals surface area contributed by atoms with Gasteiger partial charge in [0.2, 0.25) is 5.91 Å². The molecule has 2 N–H and O–H groups in total. The van der Waals surface area contributed by atoms with Crippen molar-refractivity contribution in [3.63, 3.8) is 0 Å². The van der Waals surface area contributed by atoms with E-state index in [1.165, 1.54) is 0 Å². The van der Waals surface area contributed by atoms with Crippen LogP contribution in [0.25, 0.3) is 0 Å². The minimum atomic E-state index is -0.302. The summed E-state index contributed by atoms with van der Waals surface area (Å²) in [6.45, 7) is 1.45. The van der Waals surface area contributed by atoms with Gasteiger partial charge >= 0.3 is 0 Å². The quantitative estimate of drug-likeness (QED) is 0.770. The largest absolute Gasteiger partial charge is 0.497 e. The van der Waals surface area contributed by atoms with Crippen LogP contribution in [0.15, 0.2) is 35.8 Å². The molecule has 1 atom stereocenters. The molecule has 0 radical (unpaired) electrons. The number of benzene rings is 1. The minimum Gasteiger partial charge on any atom is -0.497 e. The maximum absolute atomic E-state index is 12.1. The van der Waals surface area contributed by atoms with Crippen LogP contribution < -0.4 is 20.3 Å². The molecule has 2 aromatic rings. The molecule has 138 valence electrons. The number of carbonyl (C=O) groups is 2. The van der Waals surface area contributed by atoms with Crippen LogP contribution in [-0.2, 0) is 4.79 Å². The van der Waals surface area contributed by atoms with Gasteiger partial charge in [-0.3, -0.25) is 9.59 Å². The Morgan fingerprint density at radius 2 is 2.27 bits per heavy atom. The number of ether oxygens (including phenoxy) is 1. The Labute approximate surface area is 156 Å². The van der Waals surface area contributed by atoms with Gasteiger partial charge in [-0.2, -0.15) is 0 Å². The van der Waals surface area contributed by atoms with Crippen LogP contribution in [0, 0.1) is 0 Å². The number of thiazole rings is 1. The number of nitrogens with zero attached hydrogens (tertiary/aromatic N) is 2. The molecule has 3 rings (SSSR count). The number of amides is 2. The molecule has 1 saturated heterocycles. The number of rotatable bonds is 7. The average Bonchev–Trinajstić information content (AvgIpc) is 3.35. The fourth-order valence-corrected chi connectivity index (χ4v) is 3.72. The van der Waals surface area contributed by atoms with Crippen molar-refractivity contribution in [1.82, 2.24) is 15.6 Å². The first-order valence-corrected chi connectivity index (χ1v) is 9.40. The standard InChI is InChI=1S/C18H22N4O3S/c1-25-15-6-2-4-13(10-15)17(24)21-12-16(23)20-11-14-5-3-8-22(14)18-19-7-9-26-18/h2,4,6-7,9-10,14H,3,5,8,11-12H2,1H3,(H,20,23)(H,21,24). The van der Waals surface area contributed by atoms with E-state index in [9.17, 15) is 9.59 Å². The van der Waals surface area contributed by atoms with Crippen molar-refractivity contribution in [2.75, 3.05) is 31.6 Å². The lowest BCUT2D eigenvalue weighted by molar-refractivity contribution is -0.120. The number of anilines is 1. The molecule has 0 spiro atoms. The first-order chi connectivity index (χ1) is 12.7. The van der Waals surface area contributed by atoms with E-state index in [1.807, 2.05) is 5.38 Å². The van der Waals surface area contributed by atoms with Crippen LogP contribution >= 0.6 is 11.3 Å². The zero-order valence-corrected chi connectivity index (χ0v) is 15.4. The second kappa shape index (κ2) is 8.66. The molecule has 8 heteroatoms. The highest BCUT2D eigenvalue weighted by atomic mass is 32.1. The number of aromatic nitrogens is 1. The van der Waals surface area contributed by atoms with E-state index < -0.39 is 0 Å². The molecule has 1 aliphatic heterocycles. The molecule has 2 amide bonds. The van der Waals surface area contributed by atoms with Crippen LogP contribution in [0.2, 0.25) is 0 Å². The molecule has 1 aliphatic rings. The van der Waals surface area contributed by atoms with E-state index >= 15 is 0 Å². The molecule has 1 fully saturated rings. The Morgan fingerprint density at radius 1 is 1.38 bits per heavy atom. The summed E-state index contributed by atoms with van der Waals surface area (Å²) in [6.07, 6.45) is 3.91. The Morgan fingerprint density at radius 3 is 3.04 bits per heavy atom. The van der Waals surface area contributed by atoms with E-state index in [1.54, 1.807) is 48.9 Å². The normalized spacial score (nSPS) is 16.3. The molecule has 1 aromatic heterocycles. The lowest BCUT2D eigenvalue weighted by Gasteiger charge is -2.24. The first-order valence-electron chi connectivity index (χ1n) is 8.52. The summed E-state index contributed by atoms with van der Waals surface area (Å²) in [5, 5.41) is 8.49. The molecule has 0 aliphatic carbocycles. The molecule has 0 saturated carbocycles. The fraction of sp³-hybridized carbons (Fsp3) is 0.389. The van der Waals surface area contributed by atoms with Gasteiger partial charge in [0.1, 0.15) is 5.75 Å². The van der Waals surface area contributed by atoms with Crippen molar-refractivity contribution in [3.05, 3.63) is 41.4 Å². The van der Waals surface area contributed by atoms with Gasteiger partial charge in [-0.1, -0.05) is 6.07 Å². The monoisotopic (exact) mass is 374 g/mol. The lowest BCUT2D eigenvalue weighted by Crippen LogP contribution is -2.43. The van der Waals surface area contributed by atoms with Crippen molar-refractivity contribution < 1.29 is 14.3 Å². The van der Waals surface area contributed by atoms with Gasteiger partial charge in [-0.25, -0.2) is 4.98 Å². The topological polar surface area (TPSA) is 83.6 Å². The van der Waals surface area contributed by atoms with Crippen molar-refractivity contribution in [3.8, 4) is 5.75 Å². The highest BCUT2D eigenvalue weighted by Gasteiger charge is 2.26. The number of hydrogen-bond acceptors (Lipinski definition) is 6. The van der Waals surface area contributed by atoms with Crippen LogP contribution in [-0.4, -0.2) is 49.6 Å². The number of carbonyl (C=O) groups excluding carboxylic acids is 2. The highest BCUT2D eigenvalue weighted by molar-refractivity contribution is 7.13. The van der Waals surface area contributed by atoms with Crippen molar-refractivity contribution in [2.24, 2.45) is 0 Å². The summed E-state index contributed by atoms with van der Waals surface area (Å²) in [6, 6.07) is 7.07. The Hall–Kier alpha value is -2.61. The summed E-state index contributed by atoms with van der Waals surface area (Å²) in [5.41, 5.74) is 0.461. The third-order valence-corrected chi connectivity index (χ3v) is 5.13. The molecule has 2 heterocycles. The lowest BCUT2D eigenvalue weighted by atomic mass is 10.2. The second-order valence-corrected chi connectivity index (χ2v) is 6.90. The van der Waals surface area contributed by atoms with Gasteiger partial charge < -0.3 is 20.3 Å². The number of hydrogen-bond donors (Lipinski definition) is 2. The van der Waals surface area contributed by atoms with E-state index in [2.05, 4.69) is 20.5 Å². The average molecular weight is 374 g/mol. The minimum absolute atomic E-state index is 0.0555. The maximum Gasteiger partial charge on any atom is 0.251 e. The predicted molar refractivity (Wildman–Crippen MR) is 101 cm³/mol. The Kier molecular flexibility index (Phi) is 6.06. The zero-order chi connectivity index (χ0) is 18.4.